The van der Waals surface area contributed by atoms with E-state index < -0.39 is 0 Å². The van der Waals surface area contributed by atoms with Crippen molar-refractivity contribution in [2.75, 3.05) is 6.54 Å². The van der Waals surface area contributed by atoms with E-state index in [1.807, 2.05) is 0 Å². The zero-order valence-corrected chi connectivity index (χ0v) is 11.9. The van der Waals surface area contributed by atoms with Gasteiger partial charge in [0.15, 0.2) is 0 Å². The van der Waals surface area contributed by atoms with E-state index >= 15 is 0 Å². The summed E-state index contributed by atoms with van der Waals surface area (Å²) in [6.45, 7) is 7.64. The van der Waals surface area contributed by atoms with Crippen molar-refractivity contribution in [1.82, 2.24) is 10.4 Å². The highest BCUT2D eigenvalue weighted by molar-refractivity contribution is 4.79. The lowest BCUT2D eigenvalue weighted by Gasteiger charge is -2.41. The maximum atomic E-state index is 5.87. The summed E-state index contributed by atoms with van der Waals surface area (Å²) in [7, 11) is 0. The third-order valence-electron chi connectivity index (χ3n) is 3.97. The van der Waals surface area contributed by atoms with Crippen LogP contribution < -0.4 is 11.2 Å². The lowest BCUT2D eigenvalue weighted by atomic mass is 9.99. The Morgan fingerprint density at radius 2 is 1.88 bits per heavy atom. The SMILES string of the molecule is CCCCCC(CN)NN1C(C)CCCC1C. The Hall–Kier alpha value is -0.120. The van der Waals surface area contributed by atoms with Gasteiger partial charge in [0.25, 0.3) is 0 Å². The molecule has 1 saturated heterocycles. The molecule has 0 spiro atoms. The van der Waals surface area contributed by atoms with Crippen LogP contribution in [0.2, 0.25) is 0 Å². The first kappa shape index (κ1) is 14.9. The van der Waals surface area contributed by atoms with Gasteiger partial charge in [0.2, 0.25) is 0 Å². The monoisotopic (exact) mass is 241 g/mol. The molecule has 0 aromatic rings. The standard InChI is InChI=1S/C14H31N3/c1-4-5-6-10-14(11-15)16-17-12(2)8-7-9-13(17)3/h12-14,16H,4-11,15H2,1-3H3. The minimum absolute atomic E-state index is 0.463. The van der Waals surface area contributed by atoms with E-state index in [0.29, 0.717) is 18.1 Å². The van der Waals surface area contributed by atoms with Gasteiger partial charge in [-0.1, -0.05) is 32.6 Å². The summed E-state index contributed by atoms with van der Waals surface area (Å²) < 4.78 is 0. The predicted octanol–water partition coefficient (Wildman–Crippen LogP) is 2.66. The highest BCUT2D eigenvalue weighted by Crippen LogP contribution is 2.21. The minimum Gasteiger partial charge on any atom is -0.329 e. The lowest BCUT2D eigenvalue weighted by Crippen LogP contribution is -2.57. The van der Waals surface area contributed by atoms with Gasteiger partial charge in [-0.05, 0) is 33.1 Å². The Bertz CT molecular complexity index is 186. The van der Waals surface area contributed by atoms with Crippen LogP contribution in [0.25, 0.3) is 0 Å². The molecular weight excluding hydrogens is 210 g/mol. The topological polar surface area (TPSA) is 41.3 Å². The number of nitrogens with one attached hydrogen (secondary N) is 1. The van der Waals surface area contributed by atoms with Gasteiger partial charge in [0.1, 0.15) is 0 Å². The van der Waals surface area contributed by atoms with E-state index in [0.717, 1.165) is 6.54 Å². The molecular formula is C14H31N3. The van der Waals surface area contributed by atoms with Crippen LogP contribution in [0.5, 0.6) is 0 Å². The predicted molar refractivity (Wildman–Crippen MR) is 74.7 cm³/mol. The quantitative estimate of drug-likeness (QED) is 0.673. The number of hydrogen-bond donors (Lipinski definition) is 2. The molecule has 1 rings (SSSR count). The number of unbranched alkanes of at least 4 members (excludes halogenated alkanes) is 2. The van der Waals surface area contributed by atoms with Crippen LogP contribution in [0.3, 0.4) is 0 Å². The molecule has 1 aliphatic rings. The second kappa shape index (κ2) is 8.06. The molecule has 102 valence electrons. The van der Waals surface area contributed by atoms with Gasteiger partial charge in [-0.25, -0.2) is 5.01 Å². The summed E-state index contributed by atoms with van der Waals surface area (Å²) >= 11 is 0. The normalized spacial score (nSPS) is 28.2. The fraction of sp³-hybridized carbons (Fsp3) is 1.00. The van der Waals surface area contributed by atoms with Gasteiger partial charge < -0.3 is 5.73 Å². The molecule has 3 heteroatoms. The Morgan fingerprint density at radius 1 is 1.24 bits per heavy atom. The third kappa shape index (κ3) is 4.94. The van der Waals surface area contributed by atoms with Gasteiger partial charge in [0, 0.05) is 24.7 Å². The van der Waals surface area contributed by atoms with Crippen molar-refractivity contribution in [2.45, 2.75) is 83.8 Å². The van der Waals surface area contributed by atoms with Crippen LogP contribution in [-0.4, -0.2) is 29.7 Å². The van der Waals surface area contributed by atoms with Crippen LogP contribution in [0, 0.1) is 0 Å². The summed E-state index contributed by atoms with van der Waals surface area (Å²) in [5.41, 5.74) is 9.55. The highest BCUT2D eigenvalue weighted by atomic mass is 15.5. The minimum atomic E-state index is 0.463. The maximum absolute atomic E-state index is 5.87. The first-order chi connectivity index (χ1) is 8.19. The van der Waals surface area contributed by atoms with Crippen LogP contribution in [0.15, 0.2) is 0 Å². The number of hydrogen-bond acceptors (Lipinski definition) is 3. The first-order valence-corrected chi connectivity index (χ1v) is 7.43. The molecule has 3 nitrogen and oxygen atoms in total. The van der Waals surface area contributed by atoms with E-state index in [1.54, 1.807) is 0 Å². The highest BCUT2D eigenvalue weighted by Gasteiger charge is 2.26. The first-order valence-electron chi connectivity index (χ1n) is 7.43. The molecule has 0 aromatic carbocycles. The molecule has 0 radical (unpaired) electrons. The van der Waals surface area contributed by atoms with Crippen LogP contribution in [0.4, 0.5) is 0 Å². The summed E-state index contributed by atoms with van der Waals surface area (Å²) in [4.78, 5) is 0. The fourth-order valence-corrected chi connectivity index (χ4v) is 2.76. The average molecular weight is 241 g/mol. The Morgan fingerprint density at radius 3 is 2.41 bits per heavy atom. The Labute approximate surface area is 107 Å². The maximum Gasteiger partial charge on any atom is 0.0338 e. The fourth-order valence-electron chi connectivity index (χ4n) is 2.76. The van der Waals surface area contributed by atoms with E-state index in [2.05, 4.69) is 31.2 Å². The molecule has 1 fully saturated rings. The molecule has 3 N–H and O–H groups in total. The third-order valence-corrected chi connectivity index (χ3v) is 3.97. The van der Waals surface area contributed by atoms with Gasteiger partial charge in [-0.2, -0.15) is 0 Å². The van der Waals surface area contributed by atoms with Gasteiger partial charge in [-0.3, -0.25) is 5.43 Å². The number of hydrazine groups is 1. The summed E-state index contributed by atoms with van der Waals surface area (Å²) in [5.74, 6) is 0. The summed E-state index contributed by atoms with van der Waals surface area (Å²) in [6.07, 6.45) is 9.09. The van der Waals surface area contributed by atoms with Gasteiger partial charge in [0.05, 0.1) is 0 Å². The van der Waals surface area contributed by atoms with E-state index in [9.17, 15) is 0 Å². The zero-order valence-electron chi connectivity index (χ0n) is 11.9. The summed E-state index contributed by atoms with van der Waals surface area (Å²) in [5, 5.41) is 2.45. The average Bonchev–Trinajstić information content (AvgIpc) is 2.32. The molecule has 0 aromatic heterocycles. The van der Waals surface area contributed by atoms with Crippen molar-refractivity contribution >= 4 is 0 Å². The molecule has 3 atom stereocenters. The van der Waals surface area contributed by atoms with Crippen molar-refractivity contribution in [3.63, 3.8) is 0 Å². The molecule has 1 heterocycles. The van der Waals surface area contributed by atoms with Crippen LogP contribution in [-0.2, 0) is 0 Å². The smallest absolute Gasteiger partial charge is 0.0338 e. The zero-order chi connectivity index (χ0) is 12.7. The van der Waals surface area contributed by atoms with Crippen molar-refractivity contribution in [3.8, 4) is 0 Å². The Balaban J connectivity index is 2.36. The lowest BCUT2D eigenvalue weighted by molar-refractivity contribution is 0.0290. The molecule has 17 heavy (non-hydrogen) atoms. The summed E-state index contributed by atoms with van der Waals surface area (Å²) in [6, 6.07) is 1.77. The largest absolute Gasteiger partial charge is 0.329 e. The molecule has 0 amide bonds. The van der Waals surface area contributed by atoms with E-state index in [4.69, 9.17) is 5.73 Å². The van der Waals surface area contributed by atoms with Crippen LogP contribution >= 0.6 is 0 Å². The number of nitrogens with two attached hydrogens (primary N) is 1. The van der Waals surface area contributed by atoms with Crippen LogP contribution in [0.1, 0.15) is 65.7 Å². The van der Waals surface area contributed by atoms with Crippen molar-refractivity contribution in [2.24, 2.45) is 5.73 Å². The van der Waals surface area contributed by atoms with Gasteiger partial charge >= 0.3 is 0 Å². The second-order valence-corrected chi connectivity index (χ2v) is 5.59. The molecule has 0 aliphatic carbocycles. The van der Waals surface area contributed by atoms with E-state index in [1.165, 1.54) is 44.9 Å². The molecule has 0 bridgehead atoms. The number of rotatable bonds is 7. The Kier molecular flexibility index (Phi) is 7.09. The second-order valence-electron chi connectivity index (χ2n) is 5.59. The van der Waals surface area contributed by atoms with E-state index in [-0.39, 0.29) is 0 Å². The molecule has 0 saturated carbocycles. The van der Waals surface area contributed by atoms with Crippen molar-refractivity contribution in [3.05, 3.63) is 0 Å². The van der Waals surface area contributed by atoms with Gasteiger partial charge in [-0.15, -0.1) is 0 Å². The van der Waals surface area contributed by atoms with Crippen molar-refractivity contribution < 1.29 is 0 Å². The molecule has 1 aliphatic heterocycles. The van der Waals surface area contributed by atoms with Crippen molar-refractivity contribution in [1.29, 1.82) is 0 Å². The molecule has 3 unspecified atom stereocenters. The number of nitrogens with zero attached hydrogens (tertiary/aromatic N) is 1. The number of piperidine rings is 1.